The van der Waals surface area contributed by atoms with Gasteiger partial charge in [-0.05, 0) is 37.8 Å². The molecule has 2 saturated carbocycles. The molecule has 1 aromatic carbocycles. The highest BCUT2D eigenvalue weighted by atomic mass is 32.2. The molecule has 1 saturated heterocycles. The van der Waals surface area contributed by atoms with Crippen LogP contribution in [0, 0.1) is 0 Å². The maximum absolute atomic E-state index is 12.9. The lowest BCUT2D eigenvalue weighted by Crippen LogP contribution is -2.55. The number of piperazine rings is 1. The Hall–Kier alpha value is -2.75. The summed E-state index contributed by atoms with van der Waals surface area (Å²) in [5.74, 6) is 3.26. The molecule has 2 aliphatic heterocycles. The van der Waals surface area contributed by atoms with Gasteiger partial charge in [0.15, 0.2) is 16.7 Å². The van der Waals surface area contributed by atoms with Gasteiger partial charge in [0, 0.05) is 38.1 Å². The van der Waals surface area contributed by atoms with Crippen LogP contribution in [0.1, 0.15) is 43.5 Å². The van der Waals surface area contributed by atoms with Crippen LogP contribution in [0.4, 0.5) is 0 Å². The summed E-state index contributed by atoms with van der Waals surface area (Å²) in [6.45, 7) is 2.26. The van der Waals surface area contributed by atoms with Crippen molar-refractivity contribution in [3.05, 3.63) is 30.1 Å². The zero-order valence-electron chi connectivity index (χ0n) is 18.4. The van der Waals surface area contributed by atoms with E-state index in [0.717, 1.165) is 11.0 Å². The third-order valence-electron chi connectivity index (χ3n) is 6.60. The highest BCUT2D eigenvalue weighted by Crippen LogP contribution is 2.46. The third kappa shape index (κ3) is 4.28. The van der Waals surface area contributed by atoms with Gasteiger partial charge < -0.3 is 23.8 Å². The minimum atomic E-state index is -0.646. The monoisotopic (exact) mass is 469 g/mol. The molecule has 2 amide bonds. The first-order chi connectivity index (χ1) is 16.2. The molecular formula is C23H27N5O4S. The second-order valence-electron chi connectivity index (χ2n) is 9.08. The Morgan fingerprint density at radius 3 is 2.42 bits per heavy atom. The van der Waals surface area contributed by atoms with Crippen molar-refractivity contribution in [3.8, 4) is 11.5 Å². The summed E-state index contributed by atoms with van der Waals surface area (Å²) >= 11 is 1.49. The molecule has 3 heterocycles. The van der Waals surface area contributed by atoms with Gasteiger partial charge >= 0.3 is 0 Å². The maximum Gasteiger partial charge on any atom is 0.267 e. The number of amides is 2. The van der Waals surface area contributed by atoms with Gasteiger partial charge in [-0.15, -0.1) is 10.2 Å². The molecule has 0 unspecified atom stereocenters. The Morgan fingerprint density at radius 2 is 1.70 bits per heavy atom. The summed E-state index contributed by atoms with van der Waals surface area (Å²) in [6.07, 6.45) is 4.10. The van der Waals surface area contributed by atoms with Gasteiger partial charge in [-0.25, -0.2) is 0 Å². The number of hydrogen-bond acceptors (Lipinski definition) is 7. The smallest absolute Gasteiger partial charge is 0.267 e. The summed E-state index contributed by atoms with van der Waals surface area (Å²) in [4.78, 5) is 29.4. The van der Waals surface area contributed by atoms with E-state index in [0.29, 0.717) is 55.4 Å². The Morgan fingerprint density at radius 1 is 0.970 bits per heavy atom. The van der Waals surface area contributed by atoms with Gasteiger partial charge in [0.05, 0.1) is 5.75 Å². The first-order valence-electron chi connectivity index (χ1n) is 11.7. The highest BCUT2D eigenvalue weighted by molar-refractivity contribution is 7.99. The van der Waals surface area contributed by atoms with Crippen molar-refractivity contribution in [2.75, 3.05) is 38.5 Å². The van der Waals surface area contributed by atoms with Crippen LogP contribution in [0.2, 0.25) is 0 Å². The van der Waals surface area contributed by atoms with E-state index in [1.165, 1.54) is 37.4 Å². The van der Waals surface area contributed by atoms with E-state index in [2.05, 4.69) is 14.8 Å². The summed E-state index contributed by atoms with van der Waals surface area (Å²) in [6, 6.07) is 7.89. The zero-order chi connectivity index (χ0) is 22.4. The van der Waals surface area contributed by atoms with E-state index >= 15 is 0 Å². The van der Waals surface area contributed by atoms with Crippen molar-refractivity contribution >= 4 is 23.6 Å². The number of rotatable bonds is 6. The van der Waals surface area contributed by atoms with Gasteiger partial charge in [0.2, 0.25) is 12.0 Å². The Balaban J connectivity index is 1.01. The summed E-state index contributed by atoms with van der Waals surface area (Å²) in [5, 5.41) is 9.68. The Labute approximate surface area is 196 Å². The largest absolute Gasteiger partial charge is 0.485 e. The number of benzene rings is 1. The lowest BCUT2D eigenvalue weighted by molar-refractivity contribution is -0.145. The van der Waals surface area contributed by atoms with Gasteiger partial charge in [-0.1, -0.05) is 23.9 Å². The zero-order valence-corrected chi connectivity index (χ0v) is 19.2. The molecule has 0 bridgehead atoms. The van der Waals surface area contributed by atoms with Crippen LogP contribution in [-0.4, -0.2) is 81.0 Å². The van der Waals surface area contributed by atoms with E-state index < -0.39 is 6.10 Å². The van der Waals surface area contributed by atoms with Crippen molar-refractivity contribution in [1.82, 2.24) is 24.6 Å². The topological polar surface area (TPSA) is 89.8 Å². The molecule has 0 N–H and O–H groups in total. The molecule has 174 valence electrons. The minimum absolute atomic E-state index is 0.0802. The lowest BCUT2D eigenvalue weighted by atomic mass is 10.2. The lowest BCUT2D eigenvalue weighted by Gasteiger charge is -2.37. The van der Waals surface area contributed by atoms with Crippen molar-refractivity contribution in [1.29, 1.82) is 0 Å². The number of hydrogen-bond donors (Lipinski definition) is 0. The molecule has 33 heavy (non-hydrogen) atoms. The van der Waals surface area contributed by atoms with Gasteiger partial charge in [0.25, 0.3) is 5.91 Å². The Kier molecular flexibility index (Phi) is 5.40. The number of aromatic nitrogens is 3. The standard InChI is InChI=1S/C23H27N5O4S/c29-20(14-33-23-25-24-21(15-5-6-15)28(23)16-7-8-16)26-9-11-27(12-10-26)22(30)19-13-31-17-3-1-2-4-18(17)32-19/h1-4,15-16,19H,5-14H2/t19-/m1/s1. The summed E-state index contributed by atoms with van der Waals surface area (Å²) in [7, 11) is 0. The normalized spacial score (nSPS) is 22.4. The number of thioether (sulfide) groups is 1. The molecular weight excluding hydrogens is 442 g/mol. The van der Waals surface area contributed by atoms with Crippen LogP contribution in [0.3, 0.4) is 0 Å². The molecule has 2 aromatic rings. The second kappa shape index (κ2) is 8.55. The number of ether oxygens (including phenoxy) is 2. The molecule has 9 nitrogen and oxygen atoms in total. The molecule has 10 heteroatoms. The molecule has 0 spiro atoms. The van der Waals surface area contributed by atoms with Crippen molar-refractivity contribution in [2.24, 2.45) is 0 Å². The maximum atomic E-state index is 12.9. The molecule has 2 aliphatic carbocycles. The highest BCUT2D eigenvalue weighted by Gasteiger charge is 2.37. The van der Waals surface area contributed by atoms with Crippen LogP contribution in [0.15, 0.2) is 29.4 Å². The average Bonchev–Trinajstić information content (AvgIpc) is 3.80. The number of para-hydroxylation sites is 2. The molecule has 3 fully saturated rings. The minimum Gasteiger partial charge on any atom is -0.485 e. The summed E-state index contributed by atoms with van der Waals surface area (Å²) < 4.78 is 13.8. The third-order valence-corrected chi connectivity index (χ3v) is 7.53. The fourth-order valence-electron chi connectivity index (χ4n) is 4.42. The predicted octanol–water partition coefficient (Wildman–Crippen LogP) is 2.09. The van der Waals surface area contributed by atoms with E-state index in [1.807, 2.05) is 23.1 Å². The number of carbonyl (C=O) groups is 2. The molecule has 6 rings (SSSR count). The van der Waals surface area contributed by atoms with Crippen LogP contribution in [0.5, 0.6) is 11.5 Å². The van der Waals surface area contributed by atoms with Crippen molar-refractivity contribution < 1.29 is 19.1 Å². The SMILES string of the molecule is O=C(CSc1nnc(C2CC2)n1C1CC1)N1CCN(C(=O)[C@H]2COc3ccccc3O2)CC1. The van der Waals surface area contributed by atoms with E-state index in [4.69, 9.17) is 9.47 Å². The Bertz CT molecular complexity index is 1060. The van der Waals surface area contributed by atoms with E-state index in [-0.39, 0.29) is 18.4 Å². The van der Waals surface area contributed by atoms with Gasteiger partial charge in [-0.3, -0.25) is 9.59 Å². The van der Waals surface area contributed by atoms with Crippen molar-refractivity contribution in [2.45, 2.75) is 48.9 Å². The first-order valence-corrected chi connectivity index (χ1v) is 12.7. The average molecular weight is 470 g/mol. The van der Waals surface area contributed by atoms with Crippen molar-refractivity contribution in [3.63, 3.8) is 0 Å². The fraction of sp³-hybridized carbons (Fsp3) is 0.565. The summed E-state index contributed by atoms with van der Waals surface area (Å²) in [5.41, 5.74) is 0. The second-order valence-corrected chi connectivity index (χ2v) is 10.0. The van der Waals surface area contributed by atoms with E-state index in [9.17, 15) is 9.59 Å². The number of nitrogens with zero attached hydrogens (tertiary/aromatic N) is 5. The predicted molar refractivity (Wildman–Crippen MR) is 121 cm³/mol. The van der Waals surface area contributed by atoms with Crippen LogP contribution in [-0.2, 0) is 9.59 Å². The molecule has 0 radical (unpaired) electrons. The molecule has 1 atom stereocenters. The first kappa shape index (κ1) is 20.8. The van der Waals surface area contributed by atoms with E-state index in [1.54, 1.807) is 11.0 Å². The number of fused-ring (bicyclic) bond motifs is 1. The number of carbonyl (C=O) groups excluding carboxylic acids is 2. The van der Waals surface area contributed by atoms with Crippen LogP contribution < -0.4 is 9.47 Å². The van der Waals surface area contributed by atoms with Crippen LogP contribution >= 0.6 is 11.8 Å². The van der Waals surface area contributed by atoms with Gasteiger partial charge in [-0.2, -0.15) is 0 Å². The quantitative estimate of drug-likeness (QED) is 0.599. The fourth-order valence-corrected chi connectivity index (χ4v) is 5.34. The molecule has 1 aromatic heterocycles. The van der Waals surface area contributed by atoms with Crippen LogP contribution in [0.25, 0.3) is 0 Å². The molecule has 4 aliphatic rings. The van der Waals surface area contributed by atoms with Gasteiger partial charge in [0.1, 0.15) is 12.4 Å².